The fourth-order valence-electron chi connectivity index (χ4n) is 9.19. The standard InChI is InChI=1S/C50H95N3O4/c1-6-10-14-18-20-28-36-49(47(54)55,34-26-16-12-8-3)38-30-22-24-32-41-52(44-45-53-43-40-51-46(53)5)42-33-25-23-31-39-50(48(56)57,35-27-17-13-9-4)37-29-21-19-15-11-7-2/h40,43H,6-39,41-42,44-45H2,1-5H3,(H,54,55)(H,56,57). The van der Waals surface area contributed by atoms with Crippen LogP contribution in [0.4, 0.5) is 0 Å². The van der Waals surface area contributed by atoms with E-state index in [1.165, 1.54) is 89.9 Å². The van der Waals surface area contributed by atoms with E-state index in [-0.39, 0.29) is 0 Å². The Morgan fingerprint density at radius 2 is 0.789 bits per heavy atom. The number of aryl methyl sites for hydroxylation is 1. The molecule has 0 aliphatic rings. The molecule has 1 aromatic heterocycles. The summed E-state index contributed by atoms with van der Waals surface area (Å²) in [5.41, 5.74) is -1.08. The molecule has 1 rings (SSSR count). The van der Waals surface area contributed by atoms with Gasteiger partial charge in [-0.2, -0.15) is 0 Å². The average molecular weight is 802 g/mol. The zero-order valence-corrected chi connectivity index (χ0v) is 38.6. The van der Waals surface area contributed by atoms with Crippen LogP contribution >= 0.6 is 0 Å². The summed E-state index contributed by atoms with van der Waals surface area (Å²) in [5.74, 6) is -0.0380. The van der Waals surface area contributed by atoms with Crippen molar-refractivity contribution in [2.75, 3.05) is 19.6 Å². The first kappa shape index (κ1) is 53.1. The van der Waals surface area contributed by atoms with Crippen molar-refractivity contribution in [2.45, 2.75) is 259 Å². The number of rotatable bonds is 43. The molecule has 57 heavy (non-hydrogen) atoms. The zero-order valence-electron chi connectivity index (χ0n) is 38.6. The molecule has 0 radical (unpaired) electrons. The summed E-state index contributed by atoms with van der Waals surface area (Å²) in [6.45, 7) is 15.1. The van der Waals surface area contributed by atoms with Gasteiger partial charge in [0.1, 0.15) is 5.82 Å². The van der Waals surface area contributed by atoms with Crippen LogP contribution in [0, 0.1) is 17.8 Å². The fraction of sp³-hybridized carbons (Fsp3) is 0.900. The predicted molar refractivity (Wildman–Crippen MR) is 243 cm³/mol. The molecule has 1 aromatic rings. The monoisotopic (exact) mass is 802 g/mol. The fourth-order valence-corrected chi connectivity index (χ4v) is 9.19. The molecule has 1 heterocycles. The number of imidazole rings is 1. The van der Waals surface area contributed by atoms with E-state index < -0.39 is 22.8 Å². The Bertz CT molecular complexity index is 1030. The molecule has 0 bridgehead atoms. The van der Waals surface area contributed by atoms with Crippen LogP contribution in [0.2, 0.25) is 0 Å². The lowest BCUT2D eigenvalue weighted by Gasteiger charge is -2.30. The number of hydrogen-bond donors (Lipinski definition) is 2. The second-order valence-electron chi connectivity index (χ2n) is 18.2. The van der Waals surface area contributed by atoms with Crippen LogP contribution in [0.3, 0.4) is 0 Å². The van der Waals surface area contributed by atoms with Crippen LogP contribution in [0.1, 0.15) is 252 Å². The lowest BCUT2D eigenvalue weighted by molar-refractivity contribution is -0.151. The van der Waals surface area contributed by atoms with Crippen LogP contribution in [0.25, 0.3) is 0 Å². The Labute approximate surface area is 353 Å². The first-order chi connectivity index (χ1) is 27.7. The minimum absolute atomic E-state index is 0.541. The molecule has 0 fully saturated rings. The highest BCUT2D eigenvalue weighted by Gasteiger charge is 2.37. The Morgan fingerprint density at radius 3 is 1.09 bits per heavy atom. The number of carbonyl (C=O) groups is 2. The SMILES string of the molecule is CCCCCCCCC(CCCCCC)(CCCCCCN(CCCCCCC(CCCCCC)(CCCCCCCC)C(=O)O)CCn1ccnc1C)C(=O)O. The van der Waals surface area contributed by atoms with Gasteiger partial charge in [-0.3, -0.25) is 9.59 Å². The van der Waals surface area contributed by atoms with Gasteiger partial charge in [-0.15, -0.1) is 0 Å². The number of nitrogens with zero attached hydrogens (tertiary/aromatic N) is 3. The summed E-state index contributed by atoms with van der Waals surface area (Å²) < 4.78 is 2.25. The summed E-state index contributed by atoms with van der Waals surface area (Å²) in [4.78, 5) is 32.7. The van der Waals surface area contributed by atoms with Gasteiger partial charge in [0.2, 0.25) is 0 Å². The molecule has 2 unspecified atom stereocenters. The number of hydrogen-bond acceptors (Lipinski definition) is 4. The quantitative estimate of drug-likeness (QED) is 0.0639. The van der Waals surface area contributed by atoms with E-state index in [1.54, 1.807) is 0 Å². The summed E-state index contributed by atoms with van der Waals surface area (Å²) >= 11 is 0. The van der Waals surface area contributed by atoms with E-state index in [0.29, 0.717) is 0 Å². The van der Waals surface area contributed by atoms with Crippen molar-refractivity contribution >= 4 is 11.9 Å². The van der Waals surface area contributed by atoms with Crippen molar-refractivity contribution in [3.8, 4) is 0 Å². The molecule has 0 saturated heterocycles. The maximum atomic E-state index is 12.8. The van der Waals surface area contributed by atoms with Crippen molar-refractivity contribution in [1.29, 1.82) is 0 Å². The molecule has 0 saturated carbocycles. The lowest BCUT2D eigenvalue weighted by Crippen LogP contribution is -2.31. The van der Waals surface area contributed by atoms with E-state index in [1.807, 2.05) is 6.20 Å². The molecule has 0 aliphatic heterocycles. The second kappa shape index (κ2) is 34.9. The minimum Gasteiger partial charge on any atom is -0.481 e. The molecule has 7 heteroatoms. The Hall–Kier alpha value is -1.89. The van der Waals surface area contributed by atoms with Crippen LogP contribution in [-0.2, 0) is 16.1 Å². The maximum Gasteiger partial charge on any atom is 0.309 e. The van der Waals surface area contributed by atoms with Gasteiger partial charge < -0.3 is 19.7 Å². The number of unbranched alkanes of at least 4 members (excludes halogenated alkanes) is 22. The summed E-state index contributed by atoms with van der Waals surface area (Å²) in [7, 11) is 0. The van der Waals surface area contributed by atoms with Gasteiger partial charge in [0.25, 0.3) is 0 Å². The van der Waals surface area contributed by atoms with Gasteiger partial charge in [0, 0.05) is 25.5 Å². The number of aliphatic carboxylic acids is 2. The molecular formula is C50H95N3O4. The predicted octanol–water partition coefficient (Wildman–Crippen LogP) is 15.0. The summed E-state index contributed by atoms with van der Waals surface area (Å²) in [5, 5.41) is 21.1. The smallest absolute Gasteiger partial charge is 0.309 e. The average Bonchev–Trinajstić information content (AvgIpc) is 3.62. The van der Waals surface area contributed by atoms with Crippen molar-refractivity contribution in [1.82, 2.24) is 14.5 Å². The molecule has 2 N–H and O–H groups in total. The van der Waals surface area contributed by atoms with Crippen molar-refractivity contribution in [2.24, 2.45) is 10.8 Å². The van der Waals surface area contributed by atoms with E-state index in [9.17, 15) is 19.8 Å². The number of carboxylic acid groups (broad SMARTS) is 2. The largest absolute Gasteiger partial charge is 0.481 e. The van der Waals surface area contributed by atoms with Gasteiger partial charge in [-0.25, -0.2) is 4.98 Å². The van der Waals surface area contributed by atoms with Gasteiger partial charge in [0.05, 0.1) is 10.8 Å². The Morgan fingerprint density at radius 1 is 0.491 bits per heavy atom. The highest BCUT2D eigenvalue weighted by molar-refractivity contribution is 5.75. The van der Waals surface area contributed by atoms with E-state index in [4.69, 9.17) is 0 Å². The third-order valence-electron chi connectivity index (χ3n) is 13.3. The molecule has 0 amide bonds. The normalized spacial score (nSPS) is 13.9. The molecule has 0 spiro atoms. The molecule has 0 aromatic carbocycles. The molecular weight excluding hydrogens is 707 g/mol. The topological polar surface area (TPSA) is 95.7 Å². The van der Waals surface area contributed by atoms with Gasteiger partial charge in [0.15, 0.2) is 0 Å². The van der Waals surface area contributed by atoms with Crippen molar-refractivity contribution < 1.29 is 19.8 Å². The number of carboxylic acids is 2. The first-order valence-corrected chi connectivity index (χ1v) is 24.9. The molecule has 334 valence electrons. The highest BCUT2D eigenvalue weighted by atomic mass is 16.4. The zero-order chi connectivity index (χ0) is 41.9. The van der Waals surface area contributed by atoms with Crippen molar-refractivity contribution in [3.05, 3.63) is 18.2 Å². The van der Waals surface area contributed by atoms with Gasteiger partial charge in [-0.1, -0.05) is 195 Å². The van der Waals surface area contributed by atoms with E-state index >= 15 is 0 Å². The van der Waals surface area contributed by atoms with Crippen LogP contribution in [-0.4, -0.2) is 56.2 Å². The lowest BCUT2D eigenvalue weighted by atomic mass is 9.74. The van der Waals surface area contributed by atoms with E-state index in [0.717, 1.165) is 160 Å². The molecule has 2 atom stereocenters. The second-order valence-corrected chi connectivity index (χ2v) is 18.2. The van der Waals surface area contributed by atoms with Gasteiger partial charge in [-0.05, 0) is 71.4 Å². The van der Waals surface area contributed by atoms with Crippen LogP contribution in [0.15, 0.2) is 12.4 Å². The Balaban J connectivity index is 2.69. The highest BCUT2D eigenvalue weighted by Crippen LogP contribution is 2.39. The van der Waals surface area contributed by atoms with Gasteiger partial charge >= 0.3 is 11.9 Å². The molecule has 7 nitrogen and oxygen atoms in total. The minimum atomic E-state index is -0.549. The van der Waals surface area contributed by atoms with Crippen LogP contribution in [0.5, 0.6) is 0 Å². The van der Waals surface area contributed by atoms with Crippen LogP contribution < -0.4 is 0 Å². The van der Waals surface area contributed by atoms with Crippen molar-refractivity contribution in [3.63, 3.8) is 0 Å². The maximum absolute atomic E-state index is 12.8. The first-order valence-electron chi connectivity index (χ1n) is 24.9. The summed E-state index contributed by atoms with van der Waals surface area (Å²) in [6, 6.07) is 0. The number of aromatic nitrogens is 2. The third kappa shape index (κ3) is 24.7. The van der Waals surface area contributed by atoms with E-state index in [2.05, 4.69) is 55.3 Å². The third-order valence-corrected chi connectivity index (χ3v) is 13.3. The summed E-state index contributed by atoms with van der Waals surface area (Å²) in [6.07, 6.45) is 41.5. The molecule has 0 aliphatic carbocycles. The Kier molecular flexibility index (Phi) is 32.5.